The van der Waals surface area contributed by atoms with Crippen LogP contribution in [0, 0.1) is 6.92 Å². The number of nitrogens with one attached hydrogen (secondary N) is 1. The number of esters is 1. The van der Waals surface area contributed by atoms with Crippen LogP contribution in [0.2, 0.25) is 0 Å². The van der Waals surface area contributed by atoms with Gasteiger partial charge < -0.3 is 19.5 Å². The highest BCUT2D eigenvalue weighted by Gasteiger charge is 2.17. The first kappa shape index (κ1) is 22.9. The summed E-state index contributed by atoms with van der Waals surface area (Å²) in [6, 6.07) is 12.2. The van der Waals surface area contributed by atoms with Crippen molar-refractivity contribution in [2.24, 2.45) is 0 Å². The maximum Gasteiger partial charge on any atom is 0.341 e. The lowest BCUT2D eigenvalue weighted by Crippen LogP contribution is -2.13. The van der Waals surface area contributed by atoms with Crippen molar-refractivity contribution in [1.29, 1.82) is 0 Å². The molecule has 2 aromatic carbocycles. The van der Waals surface area contributed by atoms with Crippen molar-refractivity contribution in [3.8, 4) is 17.2 Å². The second-order valence-corrected chi connectivity index (χ2v) is 7.31. The van der Waals surface area contributed by atoms with Crippen LogP contribution in [0.5, 0.6) is 11.5 Å². The fraction of sp³-hybridized carbons (Fsp3) is 0.292. The molecule has 0 spiro atoms. The van der Waals surface area contributed by atoms with E-state index >= 15 is 0 Å². The summed E-state index contributed by atoms with van der Waals surface area (Å²) in [4.78, 5) is 24.9. The first-order chi connectivity index (χ1) is 15.3. The quantitative estimate of drug-likeness (QED) is 0.525. The molecule has 0 fully saturated rings. The Balaban J connectivity index is 1.81. The molecule has 168 valence electrons. The highest BCUT2D eigenvalue weighted by atomic mass is 16.5. The van der Waals surface area contributed by atoms with Crippen molar-refractivity contribution < 1.29 is 23.8 Å². The summed E-state index contributed by atoms with van der Waals surface area (Å²) < 4.78 is 17.8. The molecule has 0 aliphatic heterocycles. The smallest absolute Gasteiger partial charge is 0.341 e. The second-order valence-electron chi connectivity index (χ2n) is 7.31. The summed E-state index contributed by atoms with van der Waals surface area (Å²) in [7, 11) is 1.53. The summed E-state index contributed by atoms with van der Waals surface area (Å²) in [5, 5.41) is 7.18. The molecular formula is C24H27N3O5. The van der Waals surface area contributed by atoms with Crippen LogP contribution in [-0.2, 0) is 4.74 Å². The number of carbonyl (C=O) groups is 2. The van der Waals surface area contributed by atoms with E-state index in [1.165, 1.54) is 13.3 Å². The number of aromatic nitrogens is 2. The number of hydrogen-bond acceptors (Lipinski definition) is 6. The molecule has 1 N–H and O–H groups in total. The Labute approximate surface area is 187 Å². The van der Waals surface area contributed by atoms with E-state index in [1.54, 1.807) is 54.9 Å². The number of hydrogen-bond donors (Lipinski definition) is 1. The summed E-state index contributed by atoms with van der Waals surface area (Å²) >= 11 is 0. The summed E-state index contributed by atoms with van der Waals surface area (Å²) in [5.41, 5.74) is 2.77. The number of methoxy groups -OCH3 is 1. The molecule has 0 radical (unpaired) electrons. The fourth-order valence-electron chi connectivity index (χ4n) is 3.16. The molecule has 3 aromatic rings. The minimum absolute atomic E-state index is 0.0126. The number of ether oxygens (including phenoxy) is 3. The first-order valence-corrected chi connectivity index (χ1v) is 10.3. The van der Waals surface area contributed by atoms with E-state index in [9.17, 15) is 9.59 Å². The van der Waals surface area contributed by atoms with E-state index in [1.807, 2.05) is 19.9 Å². The van der Waals surface area contributed by atoms with Gasteiger partial charge in [0.1, 0.15) is 5.56 Å². The van der Waals surface area contributed by atoms with Gasteiger partial charge in [-0.25, -0.2) is 9.48 Å². The highest BCUT2D eigenvalue weighted by Crippen LogP contribution is 2.29. The van der Waals surface area contributed by atoms with Gasteiger partial charge in [-0.1, -0.05) is 6.07 Å². The number of rotatable bonds is 8. The van der Waals surface area contributed by atoms with Gasteiger partial charge in [-0.15, -0.1) is 0 Å². The Kier molecular flexibility index (Phi) is 7.14. The van der Waals surface area contributed by atoms with Gasteiger partial charge >= 0.3 is 5.97 Å². The van der Waals surface area contributed by atoms with Crippen LogP contribution in [0.1, 0.15) is 47.2 Å². The lowest BCUT2D eigenvalue weighted by atomic mass is 10.1. The van der Waals surface area contributed by atoms with E-state index in [0.29, 0.717) is 46.3 Å². The Bertz CT molecular complexity index is 1120. The molecule has 0 aliphatic carbocycles. The molecule has 0 aliphatic rings. The van der Waals surface area contributed by atoms with E-state index < -0.39 is 5.97 Å². The number of nitrogens with zero attached hydrogens (tertiary/aromatic N) is 2. The predicted octanol–water partition coefficient (Wildman–Crippen LogP) is 4.41. The zero-order chi connectivity index (χ0) is 23.3. The minimum Gasteiger partial charge on any atom is -0.493 e. The minimum atomic E-state index is -0.417. The third kappa shape index (κ3) is 5.08. The Morgan fingerprint density at radius 1 is 1.12 bits per heavy atom. The van der Waals surface area contributed by atoms with Crippen molar-refractivity contribution in [1.82, 2.24) is 9.78 Å². The summed E-state index contributed by atoms with van der Waals surface area (Å²) in [5.74, 6) is 0.354. The van der Waals surface area contributed by atoms with Gasteiger partial charge in [0, 0.05) is 11.3 Å². The maximum absolute atomic E-state index is 12.8. The highest BCUT2D eigenvalue weighted by molar-refractivity contribution is 6.04. The molecule has 0 atom stereocenters. The van der Waals surface area contributed by atoms with E-state index in [-0.39, 0.29) is 12.0 Å². The topological polar surface area (TPSA) is 91.7 Å². The van der Waals surface area contributed by atoms with Gasteiger partial charge in [-0.05, 0) is 64.1 Å². The fourth-order valence-corrected chi connectivity index (χ4v) is 3.16. The predicted molar refractivity (Wildman–Crippen MR) is 121 cm³/mol. The number of amides is 1. The van der Waals surface area contributed by atoms with E-state index in [4.69, 9.17) is 14.2 Å². The van der Waals surface area contributed by atoms with Crippen molar-refractivity contribution in [2.75, 3.05) is 19.0 Å². The zero-order valence-electron chi connectivity index (χ0n) is 18.8. The first-order valence-electron chi connectivity index (χ1n) is 10.3. The van der Waals surface area contributed by atoms with Crippen molar-refractivity contribution in [3.63, 3.8) is 0 Å². The van der Waals surface area contributed by atoms with Crippen LogP contribution < -0.4 is 14.8 Å². The largest absolute Gasteiger partial charge is 0.493 e. The van der Waals surface area contributed by atoms with Crippen molar-refractivity contribution in [2.45, 2.75) is 33.8 Å². The maximum atomic E-state index is 12.8. The number of anilines is 1. The van der Waals surface area contributed by atoms with Crippen LogP contribution in [-0.4, -0.2) is 41.5 Å². The van der Waals surface area contributed by atoms with E-state index in [2.05, 4.69) is 10.4 Å². The Morgan fingerprint density at radius 2 is 1.91 bits per heavy atom. The molecule has 1 amide bonds. The van der Waals surface area contributed by atoms with Crippen molar-refractivity contribution in [3.05, 3.63) is 65.5 Å². The van der Waals surface area contributed by atoms with Crippen LogP contribution >= 0.6 is 0 Å². The second kappa shape index (κ2) is 10.00. The Hall–Kier alpha value is -3.81. The van der Waals surface area contributed by atoms with Crippen LogP contribution in [0.3, 0.4) is 0 Å². The third-order valence-electron chi connectivity index (χ3n) is 4.64. The summed E-state index contributed by atoms with van der Waals surface area (Å²) in [6.45, 7) is 7.68. The molecule has 0 bridgehead atoms. The molecule has 8 heteroatoms. The molecule has 3 rings (SSSR count). The lowest BCUT2D eigenvalue weighted by molar-refractivity contribution is 0.0525. The standard InChI is InChI=1S/C24H27N3O5/c1-6-31-24(29)20-14-25-27(16(20)4)19-9-7-8-18(13-19)26-23(28)17-10-11-21(32-15(2)3)22(12-17)30-5/h7-15H,6H2,1-5H3,(H,26,28). The number of benzene rings is 2. The van der Waals surface area contributed by atoms with Gasteiger partial charge in [-0.2, -0.15) is 5.10 Å². The number of carbonyl (C=O) groups excluding carboxylic acids is 2. The van der Waals surface area contributed by atoms with Gasteiger partial charge in [-0.3, -0.25) is 4.79 Å². The molecule has 0 saturated heterocycles. The van der Waals surface area contributed by atoms with Crippen LogP contribution in [0.4, 0.5) is 5.69 Å². The van der Waals surface area contributed by atoms with Gasteiger partial charge in [0.2, 0.25) is 0 Å². The average molecular weight is 437 g/mol. The normalized spacial score (nSPS) is 10.7. The monoisotopic (exact) mass is 437 g/mol. The zero-order valence-corrected chi connectivity index (χ0v) is 18.8. The van der Waals surface area contributed by atoms with Crippen LogP contribution in [0.15, 0.2) is 48.7 Å². The molecule has 32 heavy (non-hydrogen) atoms. The molecule has 0 unspecified atom stereocenters. The molecule has 0 saturated carbocycles. The molecular weight excluding hydrogens is 410 g/mol. The van der Waals surface area contributed by atoms with Gasteiger partial charge in [0.15, 0.2) is 11.5 Å². The average Bonchev–Trinajstić information content (AvgIpc) is 3.15. The molecule has 1 heterocycles. The molecule has 8 nitrogen and oxygen atoms in total. The van der Waals surface area contributed by atoms with Crippen LogP contribution in [0.25, 0.3) is 5.69 Å². The Morgan fingerprint density at radius 3 is 2.59 bits per heavy atom. The van der Waals surface area contributed by atoms with E-state index in [0.717, 1.165) is 0 Å². The van der Waals surface area contributed by atoms with Gasteiger partial charge in [0.25, 0.3) is 5.91 Å². The molecule has 1 aromatic heterocycles. The third-order valence-corrected chi connectivity index (χ3v) is 4.64. The lowest BCUT2D eigenvalue weighted by Gasteiger charge is -2.14. The van der Waals surface area contributed by atoms with Gasteiger partial charge in [0.05, 0.1) is 37.4 Å². The summed E-state index contributed by atoms with van der Waals surface area (Å²) in [6.07, 6.45) is 1.47. The van der Waals surface area contributed by atoms with Crippen molar-refractivity contribution >= 4 is 17.6 Å². The SMILES string of the molecule is CCOC(=O)c1cnn(-c2cccc(NC(=O)c3ccc(OC(C)C)c(OC)c3)c2)c1C.